The number of fused-ring (bicyclic) bond motifs is 5. The van der Waals surface area contributed by atoms with Gasteiger partial charge in [0, 0.05) is 49.1 Å². The number of rotatable bonds is 6. The minimum absolute atomic E-state index is 0.00411. The number of aromatic nitrogens is 2. The Kier molecular flexibility index (Phi) is 6.76. The molecule has 8 nitrogen and oxygen atoms in total. The highest BCUT2D eigenvalue weighted by atomic mass is 19.1. The van der Waals surface area contributed by atoms with Crippen LogP contribution in [-0.2, 0) is 6.42 Å². The van der Waals surface area contributed by atoms with Gasteiger partial charge in [0.25, 0.3) is 0 Å². The van der Waals surface area contributed by atoms with Crippen LogP contribution in [0.25, 0.3) is 32.8 Å². The van der Waals surface area contributed by atoms with E-state index in [9.17, 15) is 19.0 Å². The summed E-state index contributed by atoms with van der Waals surface area (Å²) >= 11 is 0. The molecular formula is C34H36F3N5O3. The summed E-state index contributed by atoms with van der Waals surface area (Å²) < 4.78 is 52.7. The predicted octanol–water partition coefficient (Wildman–Crippen LogP) is 5.60. The maximum Gasteiger partial charge on any atom is 0.319 e. The van der Waals surface area contributed by atoms with Crippen LogP contribution < -0.4 is 15.0 Å². The van der Waals surface area contributed by atoms with Crippen LogP contribution in [-0.4, -0.2) is 81.7 Å². The molecule has 1 aromatic heterocycles. The van der Waals surface area contributed by atoms with Gasteiger partial charge < -0.3 is 25.2 Å². The lowest BCUT2D eigenvalue weighted by Gasteiger charge is -2.37. The van der Waals surface area contributed by atoms with Gasteiger partial charge in [0.05, 0.1) is 11.1 Å². The van der Waals surface area contributed by atoms with Gasteiger partial charge in [0.15, 0.2) is 5.82 Å². The second-order valence-corrected chi connectivity index (χ2v) is 13.1. The number of anilines is 1. The van der Waals surface area contributed by atoms with E-state index < -0.39 is 23.3 Å². The van der Waals surface area contributed by atoms with Crippen molar-refractivity contribution in [1.82, 2.24) is 20.2 Å². The summed E-state index contributed by atoms with van der Waals surface area (Å²) in [4.78, 5) is 13.7. The van der Waals surface area contributed by atoms with Crippen molar-refractivity contribution in [2.45, 2.75) is 69.2 Å². The van der Waals surface area contributed by atoms with Crippen molar-refractivity contribution in [3.05, 3.63) is 47.5 Å². The van der Waals surface area contributed by atoms with Crippen molar-refractivity contribution >= 4 is 27.5 Å². The molecule has 4 aromatic rings. The SMILES string of the molecule is CCc1c(F)ccc2cc(O)cc(-c3c(O)cc4c(N5C6CCC5CNC6)nc(OC[C@@]56CCCN5C[C@H](F)C6)nc4c3F)c12. The first-order chi connectivity index (χ1) is 21.8. The molecule has 0 radical (unpaired) electrons. The van der Waals surface area contributed by atoms with E-state index in [1.54, 1.807) is 6.92 Å². The van der Waals surface area contributed by atoms with Crippen LogP contribution in [0, 0.1) is 11.6 Å². The number of hydrogen-bond acceptors (Lipinski definition) is 8. The van der Waals surface area contributed by atoms with Gasteiger partial charge in [0.1, 0.15) is 41.4 Å². The molecule has 0 aliphatic carbocycles. The molecule has 236 valence electrons. The molecule has 4 aliphatic rings. The largest absolute Gasteiger partial charge is 0.508 e. The van der Waals surface area contributed by atoms with Gasteiger partial charge in [-0.3, -0.25) is 4.90 Å². The van der Waals surface area contributed by atoms with Gasteiger partial charge in [-0.25, -0.2) is 13.2 Å². The fourth-order valence-corrected chi connectivity index (χ4v) is 8.51. The Hall–Kier alpha value is -3.83. The Morgan fingerprint density at radius 1 is 1.09 bits per heavy atom. The van der Waals surface area contributed by atoms with Crippen molar-refractivity contribution < 1.29 is 28.1 Å². The Labute approximate surface area is 258 Å². The predicted molar refractivity (Wildman–Crippen MR) is 166 cm³/mol. The molecular weight excluding hydrogens is 583 g/mol. The molecule has 4 saturated heterocycles. The third-order valence-electron chi connectivity index (χ3n) is 10.5. The smallest absolute Gasteiger partial charge is 0.319 e. The lowest BCUT2D eigenvalue weighted by atomic mass is 9.91. The first kappa shape index (κ1) is 28.6. The molecule has 11 heteroatoms. The molecule has 0 saturated carbocycles. The third kappa shape index (κ3) is 4.49. The Bertz CT molecular complexity index is 1820. The van der Waals surface area contributed by atoms with Crippen molar-refractivity contribution in [1.29, 1.82) is 0 Å². The first-order valence-corrected chi connectivity index (χ1v) is 15.9. The zero-order valence-corrected chi connectivity index (χ0v) is 25.1. The van der Waals surface area contributed by atoms with Crippen LogP contribution in [0.4, 0.5) is 19.0 Å². The molecule has 2 bridgehead atoms. The lowest BCUT2D eigenvalue weighted by molar-refractivity contribution is 0.107. The van der Waals surface area contributed by atoms with Gasteiger partial charge in [-0.1, -0.05) is 13.0 Å². The maximum atomic E-state index is 17.0. The van der Waals surface area contributed by atoms with Crippen LogP contribution in [0.2, 0.25) is 0 Å². The molecule has 4 fully saturated rings. The van der Waals surface area contributed by atoms with E-state index in [1.807, 2.05) is 0 Å². The molecule has 4 atom stereocenters. The Morgan fingerprint density at radius 3 is 2.67 bits per heavy atom. The molecule has 5 heterocycles. The summed E-state index contributed by atoms with van der Waals surface area (Å²) in [5, 5.41) is 26.8. The van der Waals surface area contributed by atoms with E-state index >= 15 is 4.39 Å². The van der Waals surface area contributed by atoms with Crippen LogP contribution in [0.5, 0.6) is 17.5 Å². The van der Waals surface area contributed by atoms with Crippen molar-refractivity contribution in [3.63, 3.8) is 0 Å². The van der Waals surface area contributed by atoms with E-state index in [0.717, 1.165) is 45.3 Å². The van der Waals surface area contributed by atoms with E-state index in [2.05, 4.69) is 20.1 Å². The number of ether oxygens (including phenoxy) is 1. The first-order valence-electron chi connectivity index (χ1n) is 15.9. The number of piperazine rings is 1. The van der Waals surface area contributed by atoms with Gasteiger partial charge in [-0.2, -0.15) is 9.97 Å². The molecule has 3 aromatic carbocycles. The number of benzene rings is 3. The van der Waals surface area contributed by atoms with E-state index in [0.29, 0.717) is 46.9 Å². The number of aryl methyl sites for hydroxylation is 1. The minimum atomic E-state index is -0.920. The van der Waals surface area contributed by atoms with Crippen molar-refractivity contribution in [3.8, 4) is 28.6 Å². The summed E-state index contributed by atoms with van der Waals surface area (Å²) in [5.41, 5.74) is -0.134. The van der Waals surface area contributed by atoms with Gasteiger partial charge in [-0.15, -0.1) is 0 Å². The molecule has 0 spiro atoms. The number of phenols is 2. The van der Waals surface area contributed by atoms with Crippen LogP contribution in [0.15, 0.2) is 30.3 Å². The molecule has 8 rings (SSSR count). The highest BCUT2D eigenvalue weighted by molar-refractivity contribution is 6.05. The fraction of sp³-hybridized carbons (Fsp3) is 0.471. The number of aromatic hydroxyl groups is 2. The number of nitrogens with one attached hydrogen (secondary N) is 1. The standard InChI is InChI=1S/C34H36F3N5O3/c1-2-23-26(36)7-4-18-10-22(43)11-24(28(18)23)29-27(44)12-25-31(30(29)37)39-33(40-32(25)42-20-5-6-21(42)15-38-14-20)45-17-34-8-3-9-41(34)16-19(35)13-34/h4,7,10-12,19-21,38,43-44H,2-3,5-6,8-9,13-17H2,1H3/t19-,20?,21?,34+/m1/s1. The summed E-state index contributed by atoms with van der Waals surface area (Å²) in [6.45, 7) is 4.69. The summed E-state index contributed by atoms with van der Waals surface area (Å²) in [6, 6.07) is 7.44. The second-order valence-electron chi connectivity index (χ2n) is 13.1. The number of phenolic OH excluding ortho intramolecular Hbond substituents is 2. The fourth-order valence-electron chi connectivity index (χ4n) is 8.51. The monoisotopic (exact) mass is 619 g/mol. The average Bonchev–Trinajstić information content (AvgIpc) is 3.62. The topological polar surface area (TPSA) is 94.0 Å². The number of halogens is 3. The molecule has 0 amide bonds. The average molecular weight is 620 g/mol. The van der Waals surface area contributed by atoms with Crippen LogP contribution in [0.1, 0.15) is 44.6 Å². The number of alkyl halides is 1. The number of nitrogens with zero attached hydrogens (tertiary/aromatic N) is 4. The number of hydrogen-bond donors (Lipinski definition) is 3. The zero-order valence-electron chi connectivity index (χ0n) is 25.1. The third-order valence-corrected chi connectivity index (χ3v) is 10.5. The quantitative estimate of drug-likeness (QED) is 0.257. The van der Waals surface area contributed by atoms with E-state index in [-0.39, 0.29) is 52.8 Å². The molecule has 2 unspecified atom stereocenters. The molecule has 4 aliphatic heterocycles. The van der Waals surface area contributed by atoms with Crippen LogP contribution >= 0.6 is 0 Å². The molecule has 45 heavy (non-hydrogen) atoms. The summed E-state index contributed by atoms with van der Waals surface area (Å²) in [7, 11) is 0. The Morgan fingerprint density at radius 2 is 1.89 bits per heavy atom. The summed E-state index contributed by atoms with van der Waals surface area (Å²) in [5.74, 6) is -1.28. The van der Waals surface area contributed by atoms with Crippen molar-refractivity contribution in [2.75, 3.05) is 37.7 Å². The maximum absolute atomic E-state index is 17.0. The van der Waals surface area contributed by atoms with Gasteiger partial charge in [0.2, 0.25) is 0 Å². The van der Waals surface area contributed by atoms with Crippen LogP contribution in [0.3, 0.4) is 0 Å². The van der Waals surface area contributed by atoms with Gasteiger partial charge >= 0.3 is 6.01 Å². The van der Waals surface area contributed by atoms with E-state index in [4.69, 9.17) is 9.72 Å². The second kappa shape index (κ2) is 10.6. The van der Waals surface area contributed by atoms with Crippen molar-refractivity contribution in [2.24, 2.45) is 0 Å². The highest BCUT2D eigenvalue weighted by Crippen LogP contribution is 2.46. The highest BCUT2D eigenvalue weighted by Gasteiger charge is 2.49. The zero-order chi connectivity index (χ0) is 31.0. The molecule has 3 N–H and O–H groups in total. The Balaban J connectivity index is 1.32. The normalized spacial score (nSPS) is 26.3. The lowest BCUT2D eigenvalue weighted by Crippen LogP contribution is -2.52. The van der Waals surface area contributed by atoms with Gasteiger partial charge in [-0.05, 0) is 79.3 Å². The minimum Gasteiger partial charge on any atom is -0.508 e. The van der Waals surface area contributed by atoms with E-state index in [1.165, 1.54) is 30.3 Å². The summed E-state index contributed by atoms with van der Waals surface area (Å²) in [6.07, 6.45) is 3.44.